The fourth-order valence-corrected chi connectivity index (χ4v) is 2.83. The first-order chi connectivity index (χ1) is 13.7. The summed E-state index contributed by atoms with van der Waals surface area (Å²) in [7, 11) is 0. The Morgan fingerprint density at radius 3 is 2.41 bits per heavy atom. The molecule has 8 nitrogen and oxygen atoms in total. The summed E-state index contributed by atoms with van der Waals surface area (Å²) in [4.78, 5) is 23.6. The van der Waals surface area contributed by atoms with Crippen LogP contribution in [0.4, 0.5) is 14.9 Å². The van der Waals surface area contributed by atoms with Gasteiger partial charge in [-0.05, 0) is 32.9 Å². The Hall–Kier alpha value is -3.41. The number of carbonyl (C=O) groups is 1. The molecule has 3 rings (SSSR count). The van der Waals surface area contributed by atoms with Crippen LogP contribution in [0.25, 0.3) is 0 Å². The zero-order valence-corrected chi connectivity index (χ0v) is 16.6. The van der Waals surface area contributed by atoms with Crippen molar-refractivity contribution in [1.82, 2.24) is 14.9 Å². The highest BCUT2D eigenvalue weighted by Crippen LogP contribution is 2.33. The maximum Gasteiger partial charge on any atom is 0.410 e. The summed E-state index contributed by atoms with van der Waals surface area (Å²) < 4.78 is 24.2. The molecule has 1 saturated heterocycles. The van der Waals surface area contributed by atoms with Gasteiger partial charge in [-0.3, -0.25) is 0 Å². The summed E-state index contributed by atoms with van der Waals surface area (Å²) in [5, 5.41) is 9.20. The third-order valence-electron chi connectivity index (χ3n) is 4.16. The third-order valence-corrected chi connectivity index (χ3v) is 4.16. The zero-order valence-electron chi connectivity index (χ0n) is 16.6. The van der Waals surface area contributed by atoms with E-state index in [1.165, 1.54) is 0 Å². The molecule has 0 N–H and O–H groups in total. The number of aromatic nitrogens is 2. The molecular formula is C20H22FN5O3. The highest BCUT2D eigenvalue weighted by atomic mass is 19.1. The van der Waals surface area contributed by atoms with Gasteiger partial charge in [-0.1, -0.05) is 0 Å². The van der Waals surface area contributed by atoms with E-state index in [0.29, 0.717) is 37.5 Å². The predicted molar refractivity (Wildman–Crippen MR) is 103 cm³/mol. The first-order valence-electron chi connectivity index (χ1n) is 9.17. The number of piperazine rings is 1. The van der Waals surface area contributed by atoms with Crippen LogP contribution in [0.3, 0.4) is 0 Å². The van der Waals surface area contributed by atoms with Crippen LogP contribution in [0.5, 0.6) is 11.8 Å². The Labute approximate surface area is 168 Å². The molecule has 29 heavy (non-hydrogen) atoms. The van der Waals surface area contributed by atoms with E-state index in [1.807, 2.05) is 25.7 Å². The predicted octanol–water partition coefficient (Wildman–Crippen LogP) is 3.34. The molecule has 0 spiro atoms. The van der Waals surface area contributed by atoms with Gasteiger partial charge in [0.25, 0.3) is 0 Å². The molecule has 0 aliphatic carbocycles. The molecule has 1 aromatic heterocycles. The molecule has 1 amide bonds. The van der Waals surface area contributed by atoms with Gasteiger partial charge in [-0.25, -0.2) is 19.2 Å². The fourth-order valence-electron chi connectivity index (χ4n) is 2.83. The van der Waals surface area contributed by atoms with Crippen molar-refractivity contribution in [3.63, 3.8) is 0 Å². The second-order valence-corrected chi connectivity index (χ2v) is 7.53. The number of halogens is 1. The number of rotatable bonds is 3. The van der Waals surface area contributed by atoms with E-state index in [4.69, 9.17) is 9.47 Å². The molecule has 1 fully saturated rings. The number of nitrogens with zero attached hydrogens (tertiary/aromatic N) is 5. The van der Waals surface area contributed by atoms with Crippen LogP contribution in [0.15, 0.2) is 30.6 Å². The van der Waals surface area contributed by atoms with E-state index >= 15 is 0 Å². The van der Waals surface area contributed by atoms with Crippen molar-refractivity contribution in [3.05, 3.63) is 42.0 Å². The summed E-state index contributed by atoms with van der Waals surface area (Å²) in [6.45, 7) is 7.59. The fraction of sp³-hybridized carbons (Fsp3) is 0.400. The van der Waals surface area contributed by atoms with Gasteiger partial charge in [-0.15, -0.1) is 0 Å². The molecule has 0 bridgehead atoms. The quantitative estimate of drug-likeness (QED) is 0.782. The molecule has 9 heteroatoms. The van der Waals surface area contributed by atoms with Crippen LogP contribution in [0.1, 0.15) is 26.3 Å². The topological polar surface area (TPSA) is 91.6 Å². The highest BCUT2D eigenvalue weighted by molar-refractivity contribution is 5.69. The van der Waals surface area contributed by atoms with E-state index in [9.17, 15) is 14.4 Å². The van der Waals surface area contributed by atoms with Crippen molar-refractivity contribution in [2.75, 3.05) is 31.1 Å². The monoisotopic (exact) mass is 399 g/mol. The summed E-state index contributed by atoms with van der Waals surface area (Å²) >= 11 is 0. The number of benzene rings is 1. The van der Waals surface area contributed by atoms with Crippen LogP contribution in [-0.4, -0.2) is 52.7 Å². The molecule has 0 atom stereocenters. The normalized spacial score (nSPS) is 14.3. The number of carbonyl (C=O) groups excluding carboxylic acids is 1. The van der Waals surface area contributed by atoms with Crippen LogP contribution >= 0.6 is 0 Å². The van der Waals surface area contributed by atoms with Crippen molar-refractivity contribution in [2.24, 2.45) is 0 Å². The van der Waals surface area contributed by atoms with Gasteiger partial charge in [-0.2, -0.15) is 5.26 Å². The molecular weight excluding hydrogens is 377 g/mol. The minimum Gasteiger partial charge on any atom is -0.444 e. The van der Waals surface area contributed by atoms with E-state index in [-0.39, 0.29) is 12.1 Å². The average molecular weight is 399 g/mol. The van der Waals surface area contributed by atoms with Gasteiger partial charge < -0.3 is 19.3 Å². The Balaban J connectivity index is 1.74. The second kappa shape index (κ2) is 8.31. The molecule has 2 heterocycles. The molecule has 0 saturated carbocycles. The van der Waals surface area contributed by atoms with Crippen molar-refractivity contribution >= 4 is 11.8 Å². The minimum atomic E-state index is -0.568. The summed E-state index contributed by atoms with van der Waals surface area (Å²) in [6.07, 6.45) is 1.68. The van der Waals surface area contributed by atoms with Gasteiger partial charge in [0.2, 0.25) is 0 Å². The Morgan fingerprint density at radius 2 is 1.83 bits per heavy atom. The zero-order chi connectivity index (χ0) is 21.0. The first-order valence-corrected chi connectivity index (χ1v) is 9.17. The van der Waals surface area contributed by atoms with Crippen molar-refractivity contribution in [1.29, 1.82) is 5.26 Å². The van der Waals surface area contributed by atoms with Gasteiger partial charge in [0.05, 0.1) is 29.7 Å². The van der Waals surface area contributed by atoms with E-state index in [2.05, 4.69) is 16.0 Å². The molecule has 0 unspecified atom stereocenters. The molecule has 0 radical (unpaired) electrons. The lowest BCUT2D eigenvalue weighted by atomic mass is 10.1. The maximum atomic E-state index is 13.0. The summed E-state index contributed by atoms with van der Waals surface area (Å²) in [5.74, 6) is -0.178. The van der Waals surface area contributed by atoms with Crippen LogP contribution < -0.4 is 9.64 Å². The summed E-state index contributed by atoms with van der Waals surface area (Å²) in [6, 6.07) is 7.10. The lowest BCUT2D eigenvalue weighted by molar-refractivity contribution is 0.0240. The van der Waals surface area contributed by atoms with Crippen molar-refractivity contribution in [2.45, 2.75) is 26.4 Å². The Bertz CT molecular complexity index is 913. The number of anilines is 1. The number of amides is 1. The molecule has 1 aromatic carbocycles. The van der Waals surface area contributed by atoms with E-state index in [0.717, 1.165) is 18.1 Å². The SMILES string of the molecule is CC(C)(C)OC(=O)N1CCN(c2ccc(C#N)cc2Oc2ncc(F)cn2)CC1. The lowest BCUT2D eigenvalue weighted by Gasteiger charge is -2.37. The molecule has 1 aliphatic rings. The van der Waals surface area contributed by atoms with E-state index < -0.39 is 11.4 Å². The van der Waals surface area contributed by atoms with Crippen molar-refractivity contribution < 1.29 is 18.7 Å². The molecule has 152 valence electrons. The van der Waals surface area contributed by atoms with Crippen LogP contribution in [0, 0.1) is 17.1 Å². The minimum absolute atomic E-state index is 0.0184. The number of hydrogen-bond donors (Lipinski definition) is 0. The van der Waals surface area contributed by atoms with Crippen LogP contribution in [-0.2, 0) is 4.74 Å². The average Bonchev–Trinajstić information content (AvgIpc) is 2.68. The Morgan fingerprint density at radius 1 is 1.17 bits per heavy atom. The second-order valence-electron chi connectivity index (χ2n) is 7.53. The van der Waals surface area contributed by atoms with Crippen molar-refractivity contribution in [3.8, 4) is 17.8 Å². The van der Waals surface area contributed by atoms with E-state index in [1.54, 1.807) is 23.1 Å². The number of hydrogen-bond acceptors (Lipinski definition) is 7. The lowest BCUT2D eigenvalue weighted by Crippen LogP contribution is -2.50. The number of ether oxygens (including phenoxy) is 2. The van der Waals surface area contributed by atoms with Crippen LogP contribution in [0.2, 0.25) is 0 Å². The van der Waals surface area contributed by atoms with Gasteiger partial charge in [0, 0.05) is 32.2 Å². The first kappa shape index (κ1) is 20.3. The third kappa shape index (κ3) is 5.31. The number of nitriles is 1. The smallest absolute Gasteiger partial charge is 0.410 e. The van der Waals surface area contributed by atoms with Gasteiger partial charge >= 0.3 is 12.1 Å². The molecule has 1 aliphatic heterocycles. The standard InChI is InChI=1S/C20H22FN5O3/c1-20(2,3)29-19(27)26-8-6-25(7-9-26)16-5-4-14(11-22)10-17(16)28-18-23-12-15(21)13-24-18/h4-5,10,12-13H,6-9H2,1-3H3. The van der Waals surface area contributed by atoms with Gasteiger partial charge in [0.15, 0.2) is 11.6 Å². The largest absolute Gasteiger partial charge is 0.444 e. The Kier molecular flexibility index (Phi) is 5.82. The van der Waals surface area contributed by atoms with Gasteiger partial charge in [0.1, 0.15) is 5.60 Å². The molecule has 2 aromatic rings. The highest BCUT2D eigenvalue weighted by Gasteiger charge is 2.27. The summed E-state index contributed by atoms with van der Waals surface area (Å²) in [5.41, 5.74) is 0.608. The maximum absolute atomic E-state index is 13.0.